The van der Waals surface area contributed by atoms with E-state index in [4.69, 9.17) is 4.74 Å². The second kappa shape index (κ2) is 9.83. The zero-order chi connectivity index (χ0) is 27.1. The number of likely N-dealkylation sites (tertiary alicyclic amines) is 1. The number of carbonyl (C=O) groups is 2. The van der Waals surface area contributed by atoms with Gasteiger partial charge in [0.25, 0.3) is 5.91 Å². The maximum Gasteiger partial charge on any atom is 0.253 e. The number of methoxy groups -OCH3 is 1. The molecule has 4 aromatic carbocycles. The van der Waals surface area contributed by atoms with Crippen LogP contribution in [0.5, 0.6) is 5.75 Å². The van der Waals surface area contributed by atoms with Crippen molar-refractivity contribution in [2.45, 2.75) is 24.9 Å². The Morgan fingerprint density at radius 1 is 0.897 bits per heavy atom. The Bertz CT molecular complexity index is 1530. The Hall–Kier alpha value is -4.22. The van der Waals surface area contributed by atoms with Crippen molar-refractivity contribution in [3.63, 3.8) is 0 Å². The number of benzene rings is 4. The van der Waals surface area contributed by atoms with Gasteiger partial charge in [-0.2, -0.15) is 0 Å². The number of Topliss-reactive ketones (excluding diaryl/α,β-unsaturated/α-hetero) is 1. The van der Waals surface area contributed by atoms with Crippen molar-refractivity contribution in [2.24, 2.45) is 5.92 Å². The first-order valence-corrected chi connectivity index (χ1v) is 13.4. The van der Waals surface area contributed by atoms with E-state index in [1.165, 1.54) is 0 Å². The molecular weight excluding hydrogens is 484 g/mol. The number of carbonyl (C=O) groups excluding carboxylic acids is 2. The number of para-hydroxylation sites is 1. The van der Waals surface area contributed by atoms with E-state index in [0.717, 1.165) is 33.7 Å². The van der Waals surface area contributed by atoms with Gasteiger partial charge >= 0.3 is 0 Å². The monoisotopic (exact) mass is 516 g/mol. The second-order valence-corrected chi connectivity index (χ2v) is 10.6. The predicted molar refractivity (Wildman–Crippen MR) is 153 cm³/mol. The topological polar surface area (TPSA) is 49.9 Å². The number of ether oxygens (including phenoxy) is 1. The highest BCUT2D eigenvalue weighted by Crippen LogP contribution is 2.57. The van der Waals surface area contributed by atoms with E-state index in [-0.39, 0.29) is 17.6 Å². The highest BCUT2D eigenvalue weighted by atomic mass is 16.5. The van der Waals surface area contributed by atoms with Crippen molar-refractivity contribution in [1.29, 1.82) is 0 Å². The maximum atomic E-state index is 14.8. The molecule has 3 unspecified atom stereocenters. The van der Waals surface area contributed by atoms with Crippen LogP contribution in [-0.2, 0) is 16.9 Å². The molecule has 5 nitrogen and oxygen atoms in total. The van der Waals surface area contributed by atoms with Crippen molar-refractivity contribution >= 4 is 17.4 Å². The van der Waals surface area contributed by atoms with Gasteiger partial charge in [-0.15, -0.1) is 0 Å². The van der Waals surface area contributed by atoms with E-state index in [9.17, 15) is 9.59 Å². The normalized spacial score (nSPS) is 22.3. The average molecular weight is 517 g/mol. The van der Waals surface area contributed by atoms with E-state index in [0.29, 0.717) is 18.7 Å². The predicted octanol–water partition coefficient (Wildman–Crippen LogP) is 5.97. The van der Waals surface area contributed by atoms with Crippen molar-refractivity contribution in [3.05, 3.63) is 131 Å². The van der Waals surface area contributed by atoms with Gasteiger partial charge in [0, 0.05) is 29.3 Å². The molecule has 2 heterocycles. The Morgan fingerprint density at radius 3 is 2.28 bits per heavy atom. The van der Waals surface area contributed by atoms with E-state index >= 15 is 0 Å². The molecule has 0 N–H and O–H groups in total. The number of nitrogens with zero attached hydrogens (tertiary/aromatic N) is 2. The van der Waals surface area contributed by atoms with Gasteiger partial charge in [-0.1, -0.05) is 84.9 Å². The van der Waals surface area contributed by atoms with Crippen LogP contribution in [-0.4, -0.2) is 37.3 Å². The van der Waals surface area contributed by atoms with Gasteiger partial charge in [-0.25, -0.2) is 0 Å². The summed E-state index contributed by atoms with van der Waals surface area (Å²) in [6, 6.07) is 33.5. The van der Waals surface area contributed by atoms with Gasteiger partial charge in [-0.3, -0.25) is 14.5 Å². The molecule has 0 bridgehead atoms. The van der Waals surface area contributed by atoms with Gasteiger partial charge in [0.15, 0.2) is 5.78 Å². The smallest absolute Gasteiger partial charge is 0.253 e. The number of fused-ring (bicyclic) bond motifs is 2. The minimum atomic E-state index is -1.11. The summed E-state index contributed by atoms with van der Waals surface area (Å²) < 4.78 is 5.40. The van der Waals surface area contributed by atoms with E-state index in [2.05, 4.69) is 24.0 Å². The summed E-state index contributed by atoms with van der Waals surface area (Å²) in [5, 5.41) is 0. The average Bonchev–Trinajstić information content (AvgIpc) is 3.42. The first kappa shape index (κ1) is 25.1. The summed E-state index contributed by atoms with van der Waals surface area (Å²) in [6.07, 6.45) is 0. The first-order chi connectivity index (χ1) is 19.0. The van der Waals surface area contributed by atoms with Crippen LogP contribution in [0.2, 0.25) is 0 Å². The molecule has 0 aliphatic carbocycles. The quantitative estimate of drug-likeness (QED) is 0.296. The lowest BCUT2D eigenvalue weighted by atomic mass is 9.70. The molecular formula is C34H32N2O3. The summed E-state index contributed by atoms with van der Waals surface area (Å²) in [5.74, 6) is -0.0725. The minimum absolute atomic E-state index is 0.0123. The second-order valence-electron chi connectivity index (χ2n) is 10.6. The molecule has 0 saturated carbocycles. The number of amides is 1. The Morgan fingerprint density at radius 2 is 1.56 bits per heavy atom. The summed E-state index contributed by atoms with van der Waals surface area (Å²) >= 11 is 0. The lowest BCUT2D eigenvalue weighted by Gasteiger charge is -2.36. The lowest BCUT2D eigenvalue weighted by molar-refractivity contribution is -0.129. The van der Waals surface area contributed by atoms with Crippen molar-refractivity contribution < 1.29 is 14.3 Å². The maximum absolute atomic E-state index is 14.8. The van der Waals surface area contributed by atoms with Gasteiger partial charge in [0.1, 0.15) is 11.3 Å². The summed E-state index contributed by atoms with van der Waals surface area (Å²) in [5.41, 5.74) is 4.54. The van der Waals surface area contributed by atoms with E-state index in [1.54, 1.807) is 7.11 Å². The van der Waals surface area contributed by atoms with Crippen LogP contribution in [0.25, 0.3) is 0 Å². The molecule has 6 rings (SSSR count). The van der Waals surface area contributed by atoms with Crippen LogP contribution < -0.4 is 9.64 Å². The Labute approximate surface area is 229 Å². The molecule has 2 aliphatic heterocycles. The fourth-order valence-electron chi connectivity index (χ4n) is 6.62. The third-order valence-electron chi connectivity index (χ3n) is 8.58. The van der Waals surface area contributed by atoms with Crippen molar-refractivity contribution in [1.82, 2.24) is 4.90 Å². The zero-order valence-corrected chi connectivity index (χ0v) is 22.5. The largest absolute Gasteiger partial charge is 0.497 e. The zero-order valence-electron chi connectivity index (χ0n) is 22.5. The van der Waals surface area contributed by atoms with Gasteiger partial charge in [-0.05, 0) is 48.9 Å². The molecule has 5 heteroatoms. The van der Waals surface area contributed by atoms with Gasteiger partial charge < -0.3 is 9.64 Å². The van der Waals surface area contributed by atoms with Crippen LogP contribution in [0.15, 0.2) is 103 Å². The van der Waals surface area contributed by atoms with Crippen molar-refractivity contribution in [3.8, 4) is 5.75 Å². The first-order valence-electron chi connectivity index (χ1n) is 13.4. The van der Waals surface area contributed by atoms with E-state index in [1.807, 2.05) is 103 Å². The number of anilines is 1. The van der Waals surface area contributed by atoms with E-state index < -0.39 is 11.5 Å². The van der Waals surface area contributed by atoms with Crippen LogP contribution >= 0.6 is 0 Å². The van der Waals surface area contributed by atoms with Crippen LogP contribution in [0, 0.1) is 12.8 Å². The number of likely N-dealkylation sites (N-methyl/N-ethyl adjacent to an activating group) is 1. The molecule has 196 valence electrons. The van der Waals surface area contributed by atoms with Gasteiger partial charge in [0.05, 0.1) is 19.6 Å². The molecule has 0 radical (unpaired) electrons. The summed E-state index contributed by atoms with van der Waals surface area (Å²) in [6.45, 7) is 3.10. The third-order valence-corrected chi connectivity index (χ3v) is 8.58. The molecule has 4 aromatic rings. The van der Waals surface area contributed by atoms with Crippen molar-refractivity contribution in [2.75, 3.05) is 25.6 Å². The number of hydrogen-bond acceptors (Lipinski definition) is 4. The molecule has 1 fully saturated rings. The SMILES string of the molecule is COc1ccc(C2CN(C)C3(C(=O)N(Cc4ccccc4C)c4ccccc43)C2C(=O)c2ccccc2)cc1. The van der Waals surface area contributed by atoms with Crippen LogP contribution in [0.1, 0.15) is 38.5 Å². The lowest BCUT2D eigenvalue weighted by Crippen LogP contribution is -2.53. The summed E-state index contributed by atoms with van der Waals surface area (Å²) in [4.78, 5) is 33.4. The number of hydrogen-bond donors (Lipinski definition) is 0. The molecule has 0 aromatic heterocycles. The fraction of sp³-hybridized carbons (Fsp3) is 0.235. The fourth-order valence-corrected chi connectivity index (χ4v) is 6.62. The van der Waals surface area contributed by atoms with Crippen LogP contribution in [0.4, 0.5) is 5.69 Å². The number of rotatable bonds is 6. The molecule has 39 heavy (non-hydrogen) atoms. The highest BCUT2D eigenvalue weighted by Gasteiger charge is 2.66. The molecule has 2 aliphatic rings. The third kappa shape index (κ3) is 3.88. The molecule has 1 spiro atoms. The number of ketones is 1. The Kier molecular flexibility index (Phi) is 6.32. The standard InChI is InChI=1S/C34H32N2O3/c1-23-11-7-8-14-26(23)21-36-30-16-10-9-15-29(30)34(33(36)38)31(32(37)25-12-5-4-6-13-25)28(22-35(34)2)24-17-19-27(39-3)20-18-24/h4-20,28,31H,21-22H2,1-3H3. The van der Waals surface area contributed by atoms with Crippen LogP contribution in [0.3, 0.4) is 0 Å². The molecule has 1 saturated heterocycles. The molecule has 1 amide bonds. The molecule has 3 atom stereocenters. The minimum Gasteiger partial charge on any atom is -0.497 e. The highest BCUT2D eigenvalue weighted by molar-refractivity contribution is 6.13. The Balaban J connectivity index is 1.53. The number of aryl methyl sites for hydroxylation is 1. The van der Waals surface area contributed by atoms with Gasteiger partial charge in [0.2, 0.25) is 0 Å². The summed E-state index contributed by atoms with van der Waals surface area (Å²) in [7, 11) is 3.63.